The van der Waals surface area contributed by atoms with E-state index in [1.54, 1.807) is 6.08 Å². The Morgan fingerprint density at radius 3 is 2.40 bits per heavy atom. The van der Waals surface area contributed by atoms with E-state index in [2.05, 4.69) is 0 Å². The van der Waals surface area contributed by atoms with E-state index in [0.717, 1.165) is 11.1 Å². The van der Waals surface area contributed by atoms with E-state index in [4.69, 9.17) is 14.2 Å². The van der Waals surface area contributed by atoms with Gasteiger partial charge < -0.3 is 14.2 Å². The Bertz CT molecular complexity index is 722. The summed E-state index contributed by atoms with van der Waals surface area (Å²) in [6.07, 6.45) is 6.01. The highest BCUT2D eigenvalue weighted by molar-refractivity contribution is 5.63. The Balaban J connectivity index is 1.50. The van der Waals surface area contributed by atoms with Crippen molar-refractivity contribution in [1.82, 2.24) is 0 Å². The van der Waals surface area contributed by atoms with E-state index >= 15 is 0 Å². The fourth-order valence-corrected chi connectivity index (χ4v) is 2.47. The molecule has 1 fully saturated rings. The highest BCUT2D eigenvalue weighted by Gasteiger charge is 2.34. The van der Waals surface area contributed by atoms with Crippen LogP contribution in [-0.2, 0) is 20.8 Å². The first-order valence-corrected chi connectivity index (χ1v) is 8.20. The predicted octanol–water partition coefficient (Wildman–Crippen LogP) is 4.38. The Morgan fingerprint density at radius 1 is 0.920 bits per heavy atom. The quantitative estimate of drug-likeness (QED) is 0.556. The van der Waals surface area contributed by atoms with Crippen LogP contribution >= 0.6 is 0 Å². The second-order valence-corrected chi connectivity index (χ2v) is 5.64. The van der Waals surface area contributed by atoms with E-state index in [1.165, 1.54) is 0 Å². The zero-order valence-corrected chi connectivity index (χ0v) is 13.8. The molecule has 25 heavy (non-hydrogen) atoms. The van der Waals surface area contributed by atoms with Crippen LogP contribution in [0.25, 0.3) is 6.08 Å². The average molecular weight is 336 g/mol. The second kappa shape index (κ2) is 8.85. The Morgan fingerprint density at radius 2 is 1.64 bits per heavy atom. The lowest BCUT2D eigenvalue weighted by atomic mass is 10.2. The molecular weight excluding hydrogens is 316 g/mol. The summed E-state index contributed by atoms with van der Waals surface area (Å²) in [6, 6.07) is 19.8. The van der Waals surface area contributed by atoms with Crippen LogP contribution in [0.5, 0.6) is 0 Å². The van der Waals surface area contributed by atoms with Crippen LogP contribution in [0.1, 0.15) is 11.1 Å². The minimum absolute atomic E-state index is 0.290. The fourth-order valence-electron chi connectivity index (χ4n) is 2.47. The molecule has 1 saturated heterocycles. The molecule has 128 valence electrons. The number of ether oxygens (including phenoxy) is 3. The molecule has 0 amide bonds. The van der Waals surface area contributed by atoms with Gasteiger partial charge in [-0.3, -0.25) is 0 Å². The topological polar surface area (TPSA) is 44.8 Å². The maximum absolute atomic E-state index is 11.4. The molecule has 4 heteroatoms. The van der Waals surface area contributed by atoms with Gasteiger partial charge in [0.05, 0.1) is 13.2 Å². The molecule has 0 aliphatic carbocycles. The van der Waals surface area contributed by atoms with Gasteiger partial charge >= 0.3 is 6.16 Å². The van der Waals surface area contributed by atoms with Gasteiger partial charge in [0.25, 0.3) is 0 Å². The van der Waals surface area contributed by atoms with Gasteiger partial charge in [0.15, 0.2) is 12.2 Å². The average Bonchev–Trinajstić information content (AvgIpc) is 3.00. The van der Waals surface area contributed by atoms with Gasteiger partial charge in [0.1, 0.15) is 0 Å². The first-order valence-electron chi connectivity index (χ1n) is 8.20. The lowest BCUT2D eigenvalue weighted by Gasteiger charge is -2.12. The van der Waals surface area contributed by atoms with Gasteiger partial charge in [-0.2, -0.15) is 0 Å². The summed E-state index contributed by atoms with van der Waals surface area (Å²) in [5, 5.41) is 0. The van der Waals surface area contributed by atoms with Gasteiger partial charge in [0.2, 0.25) is 0 Å². The molecule has 0 radical (unpaired) electrons. The Kier molecular flexibility index (Phi) is 6.01. The monoisotopic (exact) mass is 336 g/mol. The molecule has 2 aromatic carbocycles. The van der Waals surface area contributed by atoms with Crippen LogP contribution in [0.15, 0.2) is 78.9 Å². The van der Waals surface area contributed by atoms with E-state index in [1.807, 2.05) is 78.9 Å². The minimum atomic E-state index is -0.657. The lowest BCUT2D eigenvalue weighted by molar-refractivity contribution is 0.0305. The molecule has 0 N–H and O–H groups in total. The SMILES string of the molecule is O=C1O[C@@H](/C=C/C=C/c2ccccc2)[C@@H](COCc2ccccc2)O1. The number of carbonyl (C=O) groups is 1. The molecule has 0 saturated carbocycles. The van der Waals surface area contributed by atoms with Crippen molar-refractivity contribution in [1.29, 1.82) is 0 Å². The minimum Gasteiger partial charge on any atom is -0.424 e. The lowest BCUT2D eigenvalue weighted by Crippen LogP contribution is -2.26. The molecule has 0 bridgehead atoms. The van der Waals surface area contributed by atoms with Crippen LogP contribution in [0, 0.1) is 0 Å². The predicted molar refractivity (Wildman–Crippen MR) is 95.9 cm³/mol. The largest absolute Gasteiger partial charge is 0.509 e. The summed E-state index contributed by atoms with van der Waals surface area (Å²) in [5.74, 6) is 0. The van der Waals surface area contributed by atoms with Crippen LogP contribution < -0.4 is 0 Å². The third-order valence-electron chi connectivity index (χ3n) is 3.74. The zero-order valence-electron chi connectivity index (χ0n) is 13.8. The van der Waals surface area contributed by atoms with E-state index in [9.17, 15) is 4.79 Å². The number of benzene rings is 2. The van der Waals surface area contributed by atoms with Crippen LogP contribution in [0.2, 0.25) is 0 Å². The summed E-state index contributed by atoms with van der Waals surface area (Å²) in [4.78, 5) is 11.4. The van der Waals surface area contributed by atoms with E-state index in [-0.39, 0.29) is 6.61 Å². The van der Waals surface area contributed by atoms with Crippen molar-refractivity contribution >= 4 is 12.2 Å². The maximum Gasteiger partial charge on any atom is 0.509 e. The first kappa shape index (κ1) is 17.0. The molecule has 2 atom stereocenters. The van der Waals surface area contributed by atoms with Crippen LogP contribution in [0.4, 0.5) is 4.79 Å². The standard InChI is InChI=1S/C21H20O4/c22-21-24-19(14-8-7-11-17-9-3-1-4-10-17)20(25-21)16-23-15-18-12-5-2-6-13-18/h1-14,19-20H,15-16H2/b11-7+,14-8+/t19-,20+/m0/s1. The zero-order chi connectivity index (χ0) is 17.3. The third-order valence-corrected chi connectivity index (χ3v) is 3.74. The van der Waals surface area contributed by atoms with Crippen molar-refractivity contribution < 1.29 is 19.0 Å². The highest BCUT2D eigenvalue weighted by atomic mass is 16.8. The molecule has 0 aromatic heterocycles. The molecular formula is C21H20O4. The highest BCUT2D eigenvalue weighted by Crippen LogP contribution is 2.17. The molecule has 3 rings (SSSR count). The van der Waals surface area contributed by atoms with Crippen molar-refractivity contribution in [2.45, 2.75) is 18.8 Å². The number of hydrogen-bond donors (Lipinski definition) is 0. The second-order valence-electron chi connectivity index (χ2n) is 5.64. The van der Waals surface area contributed by atoms with Crippen LogP contribution in [-0.4, -0.2) is 25.0 Å². The number of cyclic esters (lactones) is 2. The van der Waals surface area contributed by atoms with Crippen LogP contribution in [0.3, 0.4) is 0 Å². The van der Waals surface area contributed by atoms with Crippen molar-refractivity contribution in [2.75, 3.05) is 6.61 Å². The van der Waals surface area contributed by atoms with Crippen molar-refractivity contribution in [3.05, 3.63) is 90.0 Å². The smallest absolute Gasteiger partial charge is 0.424 e. The summed E-state index contributed by atoms with van der Waals surface area (Å²) >= 11 is 0. The molecule has 4 nitrogen and oxygen atoms in total. The summed E-state index contributed by atoms with van der Waals surface area (Å²) in [5.41, 5.74) is 2.18. The van der Waals surface area contributed by atoms with Gasteiger partial charge in [-0.05, 0) is 17.2 Å². The maximum atomic E-state index is 11.4. The molecule has 1 aliphatic rings. The molecule has 0 unspecified atom stereocenters. The fraction of sp³-hybridized carbons (Fsp3) is 0.190. The molecule has 1 heterocycles. The van der Waals surface area contributed by atoms with E-state index in [0.29, 0.717) is 6.61 Å². The molecule has 0 spiro atoms. The van der Waals surface area contributed by atoms with E-state index < -0.39 is 18.4 Å². The van der Waals surface area contributed by atoms with Gasteiger partial charge in [0, 0.05) is 0 Å². The van der Waals surface area contributed by atoms with Crippen molar-refractivity contribution in [3.63, 3.8) is 0 Å². The van der Waals surface area contributed by atoms with Crippen molar-refractivity contribution in [2.24, 2.45) is 0 Å². The normalized spacial score (nSPS) is 20.1. The number of hydrogen-bond acceptors (Lipinski definition) is 4. The first-order chi connectivity index (χ1) is 12.3. The number of allylic oxidation sites excluding steroid dienone is 2. The van der Waals surface area contributed by atoms with Crippen molar-refractivity contribution in [3.8, 4) is 0 Å². The molecule has 1 aliphatic heterocycles. The summed E-state index contributed by atoms with van der Waals surface area (Å²) in [7, 11) is 0. The molecule has 2 aromatic rings. The van der Waals surface area contributed by atoms with Gasteiger partial charge in [-0.15, -0.1) is 0 Å². The third kappa shape index (κ3) is 5.33. The summed E-state index contributed by atoms with van der Waals surface area (Å²) < 4.78 is 16.0. The number of rotatable bonds is 7. The Labute approximate surface area is 147 Å². The number of carbonyl (C=O) groups excluding carboxylic acids is 1. The summed E-state index contributed by atoms with van der Waals surface area (Å²) in [6.45, 7) is 0.761. The Hall–Kier alpha value is -2.85. The van der Waals surface area contributed by atoms with Gasteiger partial charge in [-0.1, -0.05) is 78.9 Å². The van der Waals surface area contributed by atoms with Gasteiger partial charge in [-0.25, -0.2) is 4.79 Å².